The number of carbonyl (C=O) groups is 2. The van der Waals surface area contributed by atoms with Crippen LogP contribution in [-0.4, -0.2) is 64.3 Å². The average Bonchev–Trinajstić information content (AvgIpc) is 2.24. The van der Waals surface area contributed by atoms with Crippen molar-refractivity contribution in [2.45, 2.75) is 33.2 Å². The van der Waals surface area contributed by atoms with Gasteiger partial charge in [0.25, 0.3) is 0 Å². The van der Waals surface area contributed by atoms with E-state index in [1.165, 1.54) is 9.80 Å². The summed E-state index contributed by atoms with van der Waals surface area (Å²) in [7, 11) is 0. The molecule has 0 aliphatic rings. The van der Waals surface area contributed by atoms with Gasteiger partial charge >= 0.3 is 12.0 Å². The minimum absolute atomic E-state index is 0.0606. The first kappa shape index (κ1) is 15.7. The Morgan fingerprint density at radius 3 is 2.18 bits per heavy atom. The second kappa shape index (κ2) is 7.89. The summed E-state index contributed by atoms with van der Waals surface area (Å²) in [5.41, 5.74) is 0. The number of aliphatic carboxylic acids is 1. The lowest BCUT2D eigenvalue weighted by molar-refractivity contribution is -0.137. The van der Waals surface area contributed by atoms with Crippen LogP contribution < -0.4 is 0 Å². The maximum atomic E-state index is 12.1. The van der Waals surface area contributed by atoms with E-state index in [4.69, 9.17) is 10.2 Å². The van der Waals surface area contributed by atoms with E-state index >= 15 is 0 Å². The fourth-order valence-corrected chi connectivity index (χ4v) is 1.48. The molecule has 17 heavy (non-hydrogen) atoms. The third-order valence-corrected chi connectivity index (χ3v) is 2.46. The Kier molecular flexibility index (Phi) is 7.29. The summed E-state index contributed by atoms with van der Waals surface area (Å²) in [4.78, 5) is 25.6. The number of rotatable bonds is 7. The van der Waals surface area contributed by atoms with Crippen molar-refractivity contribution in [3.8, 4) is 0 Å². The maximum Gasteiger partial charge on any atom is 0.320 e. The molecule has 2 N–H and O–H groups in total. The Balaban J connectivity index is 4.56. The van der Waals surface area contributed by atoms with Crippen LogP contribution in [0, 0.1) is 0 Å². The fraction of sp³-hybridized carbons (Fsp3) is 0.818. The summed E-state index contributed by atoms with van der Waals surface area (Å²) in [6.07, 6.45) is -0.0688. The Morgan fingerprint density at radius 1 is 1.24 bits per heavy atom. The Bertz CT molecular complexity index is 256. The van der Waals surface area contributed by atoms with Crippen LogP contribution in [0.5, 0.6) is 0 Å². The molecule has 0 bridgehead atoms. The normalized spacial score (nSPS) is 10.4. The molecule has 0 aliphatic carbocycles. The van der Waals surface area contributed by atoms with E-state index < -0.39 is 5.97 Å². The highest BCUT2D eigenvalue weighted by Crippen LogP contribution is 2.06. The van der Waals surface area contributed by atoms with Gasteiger partial charge in [-0.25, -0.2) is 4.79 Å². The van der Waals surface area contributed by atoms with Gasteiger partial charge in [-0.1, -0.05) is 0 Å². The number of carboxylic acids is 1. The van der Waals surface area contributed by atoms with Gasteiger partial charge in [-0.15, -0.1) is 0 Å². The van der Waals surface area contributed by atoms with E-state index in [1.807, 2.05) is 20.8 Å². The molecule has 0 aliphatic heterocycles. The lowest BCUT2D eigenvalue weighted by atomic mass is 10.3. The first-order valence-electron chi connectivity index (χ1n) is 5.82. The third kappa shape index (κ3) is 5.53. The molecule has 0 unspecified atom stereocenters. The van der Waals surface area contributed by atoms with Gasteiger partial charge in [0.05, 0.1) is 13.0 Å². The van der Waals surface area contributed by atoms with Gasteiger partial charge in [0, 0.05) is 25.7 Å². The van der Waals surface area contributed by atoms with Crippen molar-refractivity contribution in [3.63, 3.8) is 0 Å². The van der Waals surface area contributed by atoms with Crippen LogP contribution in [0.3, 0.4) is 0 Å². The van der Waals surface area contributed by atoms with Gasteiger partial charge in [-0.05, 0) is 20.8 Å². The topological polar surface area (TPSA) is 81.1 Å². The largest absolute Gasteiger partial charge is 0.481 e. The standard InChI is InChI=1S/C11H22N2O4/c1-4-12(7-8-14)11(17)13(9(2)3)6-5-10(15)16/h9,14H,4-8H2,1-3H3,(H,15,16). The molecular formula is C11H22N2O4. The Hall–Kier alpha value is -1.30. The highest BCUT2D eigenvalue weighted by atomic mass is 16.4. The number of urea groups is 1. The van der Waals surface area contributed by atoms with E-state index in [0.717, 1.165) is 0 Å². The monoisotopic (exact) mass is 246 g/mol. The zero-order valence-electron chi connectivity index (χ0n) is 10.7. The van der Waals surface area contributed by atoms with Gasteiger partial charge in [-0.2, -0.15) is 0 Å². The molecule has 0 spiro atoms. The lowest BCUT2D eigenvalue weighted by Crippen LogP contribution is -2.48. The van der Waals surface area contributed by atoms with E-state index in [0.29, 0.717) is 6.54 Å². The molecule has 0 atom stereocenters. The second-order valence-electron chi connectivity index (χ2n) is 4.02. The van der Waals surface area contributed by atoms with E-state index in [-0.39, 0.29) is 38.2 Å². The Morgan fingerprint density at radius 2 is 1.82 bits per heavy atom. The van der Waals surface area contributed by atoms with E-state index in [1.54, 1.807) is 0 Å². The van der Waals surface area contributed by atoms with Gasteiger partial charge in [0.2, 0.25) is 0 Å². The number of amides is 2. The summed E-state index contributed by atoms with van der Waals surface area (Å²) < 4.78 is 0. The number of hydrogen-bond acceptors (Lipinski definition) is 3. The predicted molar refractivity (Wildman–Crippen MR) is 63.8 cm³/mol. The van der Waals surface area contributed by atoms with Crippen molar-refractivity contribution < 1.29 is 19.8 Å². The van der Waals surface area contributed by atoms with Crippen molar-refractivity contribution in [1.82, 2.24) is 9.80 Å². The maximum absolute atomic E-state index is 12.1. The molecule has 0 aromatic carbocycles. The molecule has 6 nitrogen and oxygen atoms in total. The zero-order valence-corrected chi connectivity index (χ0v) is 10.7. The number of aliphatic hydroxyl groups is 1. The quantitative estimate of drug-likeness (QED) is 0.689. The van der Waals surface area contributed by atoms with Crippen LogP contribution in [0.2, 0.25) is 0 Å². The molecule has 6 heteroatoms. The smallest absolute Gasteiger partial charge is 0.320 e. The van der Waals surface area contributed by atoms with E-state index in [9.17, 15) is 9.59 Å². The van der Waals surface area contributed by atoms with Gasteiger partial charge in [-0.3, -0.25) is 4.79 Å². The molecule has 0 saturated carbocycles. The van der Waals surface area contributed by atoms with E-state index in [2.05, 4.69) is 0 Å². The van der Waals surface area contributed by atoms with Gasteiger partial charge in [0.1, 0.15) is 0 Å². The second-order valence-corrected chi connectivity index (χ2v) is 4.02. The highest BCUT2D eigenvalue weighted by molar-refractivity contribution is 5.75. The third-order valence-electron chi connectivity index (χ3n) is 2.46. The summed E-state index contributed by atoms with van der Waals surface area (Å²) in [6.45, 7) is 6.36. The number of hydrogen-bond donors (Lipinski definition) is 2. The predicted octanol–water partition coefficient (Wildman–Crippen LogP) is 0.606. The van der Waals surface area contributed by atoms with Crippen LogP contribution >= 0.6 is 0 Å². The SMILES string of the molecule is CCN(CCO)C(=O)N(CCC(=O)O)C(C)C. The van der Waals surface area contributed by atoms with Gasteiger partial charge in [0.15, 0.2) is 0 Å². The van der Waals surface area contributed by atoms with Crippen molar-refractivity contribution in [2.75, 3.05) is 26.2 Å². The molecular weight excluding hydrogens is 224 g/mol. The average molecular weight is 246 g/mol. The number of carbonyl (C=O) groups excluding carboxylic acids is 1. The molecule has 0 aromatic rings. The number of aliphatic hydroxyl groups excluding tert-OH is 1. The van der Waals surface area contributed by atoms with Crippen molar-refractivity contribution in [2.24, 2.45) is 0 Å². The first-order chi connectivity index (χ1) is 7.93. The van der Waals surface area contributed by atoms with Crippen LogP contribution in [0.1, 0.15) is 27.2 Å². The summed E-state index contributed by atoms with van der Waals surface area (Å²) in [6, 6.07) is -0.285. The number of likely N-dealkylation sites (N-methyl/N-ethyl adjacent to an activating group) is 1. The summed E-state index contributed by atoms with van der Waals surface area (Å²) in [5.74, 6) is -0.923. The first-order valence-corrected chi connectivity index (χ1v) is 5.82. The minimum Gasteiger partial charge on any atom is -0.481 e. The molecule has 0 radical (unpaired) electrons. The molecule has 2 amide bonds. The molecule has 0 heterocycles. The van der Waals surface area contributed by atoms with Crippen LogP contribution in [0.4, 0.5) is 4.79 Å². The lowest BCUT2D eigenvalue weighted by Gasteiger charge is -2.32. The van der Waals surface area contributed by atoms with Crippen molar-refractivity contribution in [3.05, 3.63) is 0 Å². The fourth-order valence-electron chi connectivity index (χ4n) is 1.48. The van der Waals surface area contributed by atoms with Crippen LogP contribution in [-0.2, 0) is 4.79 Å². The summed E-state index contributed by atoms with van der Waals surface area (Å²) >= 11 is 0. The van der Waals surface area contributed by atoms with Crippen molar-refractivity contribution >= 4 is 12.0 Å². The van der Waals surface area contributed by atoms with Crippen molar-refractivity contribution in [1.29, 1.82) is 0 Å². The molecule has 0 rings (SSSR count). The van der Waals surface area contributed by atoms with Gasteiger partial charge < -0.3 is 20.0 Å². The Labute approximate surface area is 102 Å². The number of carboxylic acid groups (broad SMARTS) is 1. The zero-order chi connectivity index (χ0) is 13.4. The molecule has 0 aromatic heterocycles. The highest BCUT2D eigenvalue weighted by Gasteiger charge is 2.22. The van der Waals surface area contributed by atoms with Crippen LogP contribution in [0.25, 0.3) is 0 Å². The minimum atomic E-state index is -0.923. The summed E-state index contributed by atoms with van der Waals surface area (Å²) in [5, 5.41) is 17.5. The molecule has 0 fully saturated rings. The number of nitrogens with zero attached hydrogens (tertiary/aromatic N) is 2. The molecule has 100 valence electrons. The molecule has 0 saturated heterocycles. The van der Waals surface area contributed by atoms with Crippen LogP contribution in [0.15, 0.2) is 0 Å².